The minimum atomic E-state index is -4.51. The number of halogens is 3. The third-order valence-corrected chi connectivity index (χ3v) is 2.45. The molecule has 1 heterocycles. The van der Waals surface area contributed by atoms with Gasteiger partial charge in [0.05, 0.1) is 12.1 Å². The largest absolute Gasteiger partial charge is 0.474 e. The van der Waals surface area contributed by atoms with Crippen molar-refractivity contribution < 1.29 is 27.8 Å². The number of carboxylic acids is 1. The number of carbonyl (C=O) groups is 1. The van der Waals surface area contributed by atoms with Crippen LogP contribution in [0.5, 0.6) is 0 Å². The topological polar surface area (TPSA) is 58.9 Å². The monoisotopic (exact) mass is 259 g/mol. The second kappa shape index (κ2) is 4.32. The maximum Gasteiger partial charge on any atom is 0.416 e. The van der Waals surface area contributed by atoms with Crippen LogP contribution in [0.15, 0.2) is 29.3 Å². The van der Waals surface area contributed by atoms with E-state index in [-0.39, 0.29) is 12.1 Å². The lowest BCUT2D eigenvalue weighted by atomic mass is 10.0. The van der Waals surface area contributed by atoms with Crippen molar-refractivity contribution in [3.05, 3.63) is 35.4 Å². The van der Waals surface area contributed by atoms with Crippen molar-refractivity contribution in [2.75, 3.05) is 6.54 Å². The van der Waals surface area contributed by atoms with Gasteiger partial charge in [0.15, 0.2) is 0 Å². The third-order valence-electron chi connectivity index (χ3n) is 2.45. The summed E-state index contributed by atoms with van der Waals surface area (Å²) >= 11 is 0. The Kier molecular flexibility index (Phi) is 2.98. The molecule has 4 nitrogen and oxygen atoms in total. The number of hydrogen-bond donors (Lipinski definition) is 1. The summed E-state index contributed by atoms with van der Waals surface area (Å²) in [6, 6.07) is 4.89. The minimum Gasteiger partial charge on any atom is -0.474 e. The second-order valence-electron chi connectivity index (χ2n) is 3.64. The van der Waals surface area contributed by atoms with E-state index < -0.39 is 29.7 Å². The Bertz CT molecular complexity index is 511. The van der Waals surface area contributed by atoms with Crippen LogP contribution in [0.2, 0.25) is 0 Å². The van der Waals surface area contributed by atoms with Crippen molar-refractivity contribution in [3.8, 4) is 0 Å². The van der Waals surface area contributed by atoms with E-state index in [1.807, 2.05) is 0 Å². The fraction of sp³-hybridized carbons (Fsp3) is 0.273. The molecule has 0 amide bonds. The highest BCUT2D eigenvalue weighted by molar-refractivity contribution is 6.32. The number of alkyl halides is 3. The smallest absolute Gasteiger partial charge is 0.416 e. The highest BCUT2D eigenvalue weighted by Crippen LogP contribution is 2.36. The summed E-state index contributed by atoms with van der Waals surface area (Å²) in [5.41, 5.74) is -0.943. The summed E-state index contributed by atoms with van der Waals surface area (Å²) in [6.45, 7) is -0.130. The van der Waals surface area contributed by atoms with Gasteiger partial charge in [0, 0.05) is 5.56 Å². The molecule has 2 rings (SSSR count). The summed E-state index contributed by atoms with van der Waals surface area (Å²) in [5.74, 6) is -1.95. The summed E-state index contributed by atoms with van der Waals surface area (Å²) in [4.78, 5) is 14.1. The molecule has 1 aliphatic heterocycles. The van der Waals surface area contributed by atoms with Crippen LogP contribution in [0.25, 0.3) is 0 Å². The Morgan fingerprint density at radius 1 is 1.39 bits per heavy atom. The molecule has 0 bridgehead atoms. The fourth-order valence-electron chi connectivity index (χ4n) is 1.69. The highest BCUT2D eigenvalue weighted by atomic mass is 19.4. The van der Waals surface area contributed by atoms with E-state index >= 15 is 0 Å². The van der Waals surface area contributed by atoms with Crippen LogP contribution in [0.1, 0.15) is 17.2 Å². The van der Waals surface area contributed by atoms with E-state index in [1.54, 1.807) is 0 Å². The van der Waals surface area contributed by atoms with Crippen molar-refractivity contribution >= 4 is 11.9 Å². The number of aliphatic imine (C=N–C) groups is 1. The first kappa shape index (κ1) is 12.4. The van der Waals surface area contributed by atoms with Gasteiger partial charge in [-0.1, -0.05) is 18.2 Å². The van der Waals surface area contributed by atoms with Gasteiger partial charge in [-0.15, -0.1) is 0 Å². The lowest BCUT2D eigenvalue weighted by Gasteiger charge is -2.16. The summed E-state index contributed by atoms with van der Waals surface area (Å²) < 4.78 is 43.1. The zero-order valence-corrected chi connectivity index (χ0v) is 8.94. The number of benzene rings is 1. The van der Waals surface area contributed by atoms with E-state index in [1.165, 1.54) is 18.2 Å². The molecule has 0 saturated heterocycles. The van der Waals surface area contributed by atoms with Crippen molar-refractivity contribution in [3.63, 3.8) is 0 Å². The van der Waals surface area contributed by atoms with Crippen molar-refractivity contribution in [1.82, 2.24) is 0 Å². The van der Waals surface area contributed by atoms with Gasteiger partial charge in [-0.3, -0.25) is 0 Å². The molecule has 18 heavy (non-hydrogen) atoms. The van der Waals surface area contributed by atoms with Gasteiger partial charge in [-0.2, -0.15) is 13.2 Å². The predicted molar refractivity (Wildman–Crippen MR) is 55.2 cm³/mol. The van der Waals surface area contributed by atoms with Crippen LogP contribution in [0, 0.1) is 0 Å². The maximum absolute atomic E-state index is 12.7. The molecule has 1 aromatic rings. The number of ether oxygens (including phenoxy) is 1. The molecule has 0 radical (unpaired) electrons. The molecule has 0 aromatic heterocycles. The Morgan fingerprint density at radius 2 is 2.06 bits per heavy atom. The van der Waals surface area contributed by atoms with Crippen molar-refractivity contribution in [2.45, 2.75) is 12.3 Å². The van der Waals surface area contributed by atoms with Crippen LogP contribution in [0.4, 0.5) is 13.2 Å². The Morgan fingerprint density at radius 3 is 2.61 bits per heavy atom. The van der Waals surface area contributed by atoms with Gasteiger partial charge in [0.2, 0.25) is 0 Å². The molecule has 7 heteroatoms. The van der Waals surface area contributed by atoms with Gasteiger partial charge in [-0.05, 0) is 6.07 Å². The molecule has 1 atom stereocenters. The van der Waals surface area contributed by atoms with Crippen LogP contribution < -0.4 is 0 Å². The van der Waals surface area contributed by atoms with Crippen LogP contribution >= 0.6 is 0 Å². The van der Waals surface area contributed by atoms with E-state index in [0.29, 0.717) is 0 Å². The number of rotatable bonds is 2. The second-order valence-corrected chi connectivity index (χ2v) is 3.64. The highest BCUT2D eigenvalue weighted by Gasteiger charge is 2.37. The first-order valence-corrected chi connectivity index (χ1v) is 5.00. The van der Waals surface area contributed by atoms with Crippen LogP contribution in [-0.4, -0.2) is 23.5 Å². The third kappa shape index (κ3) is 2.29. The zero-order valence-electron chi connectivity index (χ0n) is 8.94. The van der Waals surface area contributed by atoms with Crippen molar-refractivity contribution in [2.24, 2.45) is 4.99 Å². The summed E-state index contributed by atoms with van der Waals surface area (Å²) in [6.07, 6.45) is -5.51. The summed E-state index contributed by atoms with van der Waals surface area (Å²) in [7, 11) is 0. The van der Waals surface area contributed by atoms with Gasteiger partial charge in [0.25, 0.3) is 5.90 Å². The molecule has 1 N–H and O–H groups in total. The lowest BCUT2D eigenvalue weighted by molar-refractivity contribution is -0.139. The molecule has 0 aliphatic carbocycles. The van der Waals surface area contributed by atoms with Gasteiger partial charge < -0.3 is 9.84 Å². The molecular weight excluding hydrogens is 251 g/mol. The number of nitrogens with zero attached hydrogens (tertiary/aromatic N) is 1. The van der Waals surface area contributed by atoms with E-state index in [9.17, 15) is 18.0 Å². The molecule has 0 saturated carbocycles. The normalized spacial score (nSPS) is 19.3. The Hall–Kier alpha value is -2.05. The maximum atomic E-state index is 12.7. The fourth-order valence-corrected chi connectivity index (χ4v) is 1.69. The minimum absolute atomic E-state index is 0.106. The lowest BCUT2D eigenvalue weighted by Crippen LogP contribution is -2.17. The van der Waals surface area contributed by atoms with Gasteiger partial charge >= 0.3 is 12.1 Å². The SMILES string of the molecule is O=C(O)C1=NCC(c2ccccc2C(F)(F)F)O1. The van der Waals surface area contributed by atoms with Crippen molar-refractivity contribution in [1.29, 1.82) is 0 Å². The Balaban J connectivity index is 2.29. The molecule has 0 fully saturated rings. The Labute approximate surface area is 99.7 Å². The van der Waals surface area contributed by atoms with E-state index in [2.05, 4.69) is 4.99 Å². The van der Waals surface area contributed by atoms with Crippen LogP contribution in [0.3, 0.4) is 0 Å². The molecule has 1 aromatic carbocycles. The predicted octanol–water partition coefficient (Wildman–Crippen LogP) is 2.26. The molecule has 1 unspecified atom stereocenters. The van der Waals surface area contributed by atoms with Gasteiger partial charge in [0.1, 0.15) is 6.10 Å². The average molecular weight is 259 g/mol. The van der Waals surface area contributed by atoms with Gasteiger partial charge in [-0.25, -0.2) is 9.79 Å². The number of aliphatic carboxylic acids is 1. The van der Waals surface area contributed by atoms with E-state index in [4.69, 9.17) is 9.84 Å². The first-order chi connectivity index (χ1) is 8.39. The molecular formula is C11H8F3NO3. The number of hydrogen-bond acceptors (Lipinski definition) is 3. The number of carboxylic acid groups (broad SMARTS) is 1. The summed E-state index contributed by atoms with van der Waals surface area (Å²) in [5, 5.41) is 8.63. The quantitative estimate of drug-likeness (QED) is 0.886. The molecule has 0 spiro atoms. The zero-order chi connectivity index (χ0) is 13.3. The molecule has 96 valence electrons. The first-order valence-electron chi connectivity index (χ1n) is 5.00. The average Bonchev–Trinajstić information content (AvgIpc) is 2.77. The van der Waals surface area contributed by atoms with Crippen LogP contribution in [-0.2, 0) is 15.7 Å². The van der Waals surface area contributed by atoms with E-state index in [0.717, 1.165) is 6.07 Å². The standard InChI is InChI=1S/C11H8F3NO3/c12-11(13,14)7-4-2-1-3-6(7)8-5-15-9(18-8)10(16)17/h1-4,8H,5H2,(H,16,17). The molecule has 1 aliphatic rings.